The third kappa shape index (κ3) is 3.86. The van der Waals surface area contributed by atoms with Crippen LogP contribution in [0.25, 0.3) is 10.9 Å². The molecule has 1 saturated heterocycles. The van der Waals surface area contributed by atoms with Gasteiger partial charge in [0.1, 0.15) is 0 Å². The first-order valence-electron chi connectivity index (χ1n) is 8.12. The lowest BCUT2D eigenvalue weighted by Gasteiger charge is -2.32. The predicted molar refractivity (Wildman–Crippen MR) is 87.4 cm³/mol. The normalized spacial score (nSPS) is 20.1. The van der Waals surface area contributed by atoms with Crippen molar-refractivity contribution in [3.05, 3.63) is 36.0 Å². The number of H-pyrrole nitrogens is 1. The number of rotatable bonds is 6. The van der Waals surface area contributed by atoms with E-state index in [-0.39, 0.29) is 0 Å². The highest BCUT2D eigenvalue weighted by molar-refractivity contribution is 5.79. The van der Waals surface area contributed by atoms with E-state index < -0.39 is 0 Å². The van der Waals surface area contributed by atoms with Crippen LogP contribution in [-0.2, 0) is 11.3 Å². The Labute approximate surface area is 127 Å². The van der Waals surface area contributed by atoms with Crippen LogP contribution in [-0.4, -0.2) is 36.7 Å². The number of piperidine rings is 1. The Balaban J connectivity index is 1.56. The summed E-state index contributed by atoms with van der Waals surface area (Å²) in [6.07, 6.45) is 7.24. The average Bonchev–Trinajstić information content (AvgIpc) is 2.95. The predicted octanol–water partition coefficient (Wildman–Crippen LogP) is 3.81. The lowest BCUT2D eigenvalue weighted by Crippen LogP contribution is -2.35. The van der Waals surface area contributed by atoms with Crippen molar-refractivity contribution in [3.8, 4) is 0 Å². The SMILES string of the molecule is COCCC[C@H]1CCCN(Cc2ccc3[nH]ccc3c2)C1. The second kappa shape index (κ2) is 7.10. The van der Waals surface area contributed by atoms with Crippen LogP contribution in [0, 0.1) is 5.92 Å². The van der Waals surface area contributed by atoms with Crippen molar-refractivity contribution < 1.29 is 4.74 Å². The van der Waals surface area contributed by atoms with Crippen LogP contribution in [0.1, 0.15) is 31.2 Å². The maximum Gasteiger partial charge on any atom is 0.0462 e. The molecule has 1 aromatic heterocycles. The van der Waals surface area contributed by atoms with Gasteiger partial charge in [0, 0.05) is 38.5 Å². The zero-order valence-corrected chi connectivity index (χ0v) is 13.0. The van der Waals surface area contributed by atoms with E-state index in [2.05, 4.69) is 34.1 Å². The lowest BCUT2D eigenvalue weighted by atomic mass is 9.93. The van der Waals surface area contributed by atoms with Crippen molar-refractivity contribution in [2.45, 2.75) is 32.2 Å². The van der Waals surface area contributed by atoms with Crippen molar-refractivity contribution in [1.29, 1.82) is 0 Å². The van der Waals surface area contributed by atoms with E-state index in [4.69, 9.17) is 4.74 Å². The maximum atomic E-state index is 5.17. The minimum atomic E-state index is 0.852. The van der Waals surface area contributed by atoms with Gasteiger partial charge in [0.2, 0.25) is 0 Å². The van der Waals surface area contributed by atoms with Crippen LogP contribution in [0.4, 0.5) is 0 Å². The zero-order valence-electron chi connectivity index (χ0n) is 13.0. The highest BCUT2D eigenvalue weighted by atomic mass is 16.5. The first-order valence-corrected chi connectivity index (χ1v) is 8.12. The molecule has 1 fully saturated rings. The fourth-order valence-corrected chi connectivity index (χ4v) is 3.51. The van der Waals surface area contributed by atoms with Crippen LogP contribution < -0.4 is 0 Å². The van der Waals surface area contributed by atoms with Crippen LogP contribution in [0.5, 0.6) is 0 Å². The molecule has 1 atom stereocenters. The zero-order chi connectivity index (χ0) is 14.5. The Morgan fingerprint density at radius 3 is 3.19 bits per heavy atom. The quantitative estimate of drug-likeness (QED) is 0.818. The first-order chi connectivity index (χ1) is 10.3. The minimum absolute atomic E-state index is 0.852. The molecule has 0 aliphatic carbocycles. The number of hydrogen-bond donors (Lipinski definition) is 1. The van der Waals surface area contributed by atoms with Gasteiger partial charge in [0.05, 0.1) is 0 Å². The van der Waals surface area contributed by atoms with Crippen molar-refractivity contribution in [2.75, 3.05) is 26.8 Å². The number of aromatic amines is 1. The molecular weight excluding hydrogens is 260 g/mol. The largest absolute Gasteiger partial charge is 0.385 e. The fraction of sp³-hybridized carbons (Fsp3) is 0.556. The molecule has 0 bridgehead atoms. The smallest absolute Gasteiger partial charge is 0.0462 e. The third-order valence-corrected chi connectivity index (χ3v) is 4.59. The summed E-state index contributed by atoms with van der Waals surface area (Å²) >= 11 is 0. The van der Waals surface area contributed by atoms with Crippen molar-refractivity contribution in [3.63, 3.8) is 0 Å². The van der Waals surface area contributed by atoms with Crippen LogP contribution in [0.3, 0.4) is 0 Å². The number of nitrogens with zero attached hydrogens (tertiary/aromatic N) is 1. The van der Waals surface area contributed by atoms with Crippen molar-refractivity contribution in [1.82, 2.24) is 9.88 Å². The second-order valence-corrected chi connectivity index (χ2v) is 6.28. The molecule has 1 aromatic carbocycles. The number of fused-ring (bicyclic) bond motifs is 1. The van der Waals surface area contributed by atoms with E-state index in [0.717, 1.165) is 19.1 Å². The minimum Gasteiger partial charge on any atom is -0.385 e. The van der Waals surface area contributed by atoms with E-state index in [9.17, 15) is 0 Å². The number of likely N-dealkylation sites (tertiary alicyclic amines) is 1. The van der Waals surface area contributed by atoms with Gasteiger partial charge in [0.15, 0.2) is 0 Å². The topological polar surface area (TPSA) is 28.3 Å². The van der Waals surface area contributed by atoms with E-state index >= 15 is 0 Å². The van der Waals surface area contributed by atoms with Gasteiger partial charge in [-0.15, -0.1) is 0 Å². The monoisotopic (exact) mass is 286 g/mol. The Morgan fingerprint density at radius 2 is 2.29 bits per heavy atom. The molecule has 21 heavy (non-hydrogen) atoms. The van der Waals surface area contributed by atoms with Crippen molar-refractivity contribution in [2.24, 2.45) is 5.92 Å². The molecule has 0 saturated carbocycles. The Morgan fingerprint density at radius 1 is 1.33 bits per heavy atom. The second-order valence-electron chi connectivity index (χ2n) is 6.28. The summed E-state index contributed by atoms with van der Waals surface area (Å²) < 4.78 is 5.17. The van der Waals surface area contributed by atoms with Crippen LogP contribution in [0.15, 0.2) is 30.5 Å². The summed E-state index contributed by atoms with van der Waals surface area (Å²) in [5.74, 6) is 0.852. The maximum absolute atomic E-state index is 5.17. The van der Waals surface area contributed by atoms with Gasteiger partial charge in [-0.3, -0.25) is 4.90 Å². The van der Waals surface area contributed by atoms with Gasteiger partial charge in [-0.2, -0.15) is 0 Å². The summed E-state index contributed by atoms with van der Waals surface area (Å²) in [5.41, 5.74) is 2.66. The van der Waals surface area contributed by atoms with Crippen LogP contribution >= 0.6 is 0 Å². The van der Waals surface area contributed by atoms with Crippen molar-refractivity contribution >= 4 is 10.9 Å². The molecule has 0 amide bonds. The molecule has 3 heteroatoms. The van der Waals surface area contributed by atoms with Gasteiger partial charge in [0.25, 0.3) is 0 Å². The molecule has 1 aliphatic rings. The third-order valence-electron chi connectivity index (χ3n) is 4.59. The number of ether oxygens (including phenoxy) is 1. The van der Waals surface area contributed by atoms with E-state index in [1.807, 2.05) is 6.20 Å². The summed E-state index contributed by atoms with van der Waals surface area (Å²) in [7, 11) is 1.80. The lowest BCUT2D eigenvalue weighted by molar-refractivity contribution is 0.142. The summed E-state index contributed by atoms with van der Waals surface area (Å²) in [6, 6.07) is 8.93. The number of benzene rings is 1. The molecule has 3 rings (SSSR count). The number of nitrogens with one attached hydrogen (secondary N) is 1. The molecule has 0 unspecified atom stereocenters. The Kier molecular flexibility index (Phi) is 4.94. The number of hydrogen-bond acceptors (Lipinski definition) is 2. The first kappa shape index (κ1) is 14.6. The van der Waals surface area contributed by atoms with Gasteiger partial charge in [-0.1, -0.05) is 6.07 Å². The van der Waals surface area contributed by atoms with Gasteiger partial charge in [-0.25, -0.2) is 0 Å². The summed E-state index contributed by atoms with van der Waals surface area (Å²) in [5, 5.41) is 1.32. The molecule has 0 spiro atoms. The molecule has 1 N–H and O–H groups in total. The molecule has 114 valence electrons. The summed E-state index contributed by atoms with van der Waals surface area (Å²) in [6.45, 7) is 4.48. The Hall–Kier alpha value is -1.32. The molecule has 2 aromatic rings. The average molecular weight is 286 g/mol. The van der Waals surface area contributed by atoms with E-state index in [1.165, 1.54) is 55.2 Å². The molecule has 0 radical (unpaired) electrons. The highest BCUT2D eigenvalue weighted by Crippen LogP contribution is 2.23. The van der Waals surface area contributed by atoms with Gasteiger partial charge >= 0.3 is 0 Å². The fourth-order valence-electron chi connectivity index (χ4n) is 3.51. The van der Waals surface area contributed by atoms with Gasteiger partial charge in [-0.05, 0) is 67.3 Å². The number of aromatic nitrogens is 1. The summed E-state index contributed by atoms with van der Waals surface area (Å²) in [4.78, 5) is 5.88. The van der Waals surface area contributed by atoms with Crippen LogP contribution in [0.2, 0.25) is 0 Å². The number of methoxy groups -OCH3 is 1. The molecule has 1 aliphatic heterocycles. The molecule has 2 heterocycles. The Bertz CT molecular complexity index is 563. The van der Waals surface area contributed by atoms with Gasteiger partial charge < -0.3 is 9.72 Å². The molecular formula is C18H26N2O. The molecule has 3 nitrogen and oxygen atoms in total. The van der Waals surface area contributed by atoms with E-state index in [0.29, 0.717) is 0 Å². The standard InChI is InChI=1S/C18H26N2O/c1-21-11-3-5-15-4-2-10-20(13-15)14-16-6-7-18-17(12-16)8-9-19-18/h6-9,12,15,19H,2-5,10-11,13-14H2,1H3/t15-/m1/s1. The van der Waals surface area contributed by atoms with E-state index in [1.54, 1.807) is 7.11 Å². The highest BCUT2D eigenvalue weighted by Gasteiger charge is 2.19.